The van der Waals surface area contributed by atoms with Crippen LogP contribution >= 0.6 is 0 Å². The number of hydrogen-bond acceptors (Lipinski definition) is 6. The topological polar surface area (TPSA) is 95.7 Å². The van der Waals surface area contributed by atoms with Crippen LogP contribution in [0.25, 0.3) is 11.0 Å². The zero-order valence-corrected chi connectivity index (χ0v) is 11.9. The Morgan fingerprint density at radius 1 is 1.37 bits per heavy atom. The zero-order chi connectivity index (χ0) is 14.0. The molecule has 2 rings (SSSR count). The Bertz CT molecular complexity index is 558. The highest BCUT2D eigenvalue weighted by molar-refractivity contribution is 5.86. The van der Waals surface area contributed by atoms with E-state index in [9.17, 15) is 0 Å². The number of H-pyrrole nitrogens is 1. The van der Waals surface area contributed by atoms with Crippen LogP contribution in [0.2, 0.25) is 0 Å². The van der Waals surface area contributed by atoms with E-state index in [1.54, 1.807) is 6.20 Å². The highest BCUT2D eigenvalue weighted by atomic mass is 15.2. The average molecular weight is 263 g/mol. The molecular formula is C12H21N7. The molecule has 0 aliphatic heterocycles. The van der Waals surface area contributed by atoms with Crippen LogP contribution in [0, 0.1) is 5.41 Å². The van der Waals surface area contributed by atoms with Crippen molar-refractivity contribution >= 4 is 22.8 Å². The molecule has 0 atom stereocenters. The molecule has 0 unspecified atom stereocenters. The second-order valence-electron chi connectivity index (χ2n) is 5.82. The van der Waals surface area contributed by atoms with E-state index >= 15 is 0 Å². The summed E-state index contributed by atoms with van der Waals surface area (Å²) in [6.07, 6.45) is 1.70. The number of nitrogens with one attached hydrogen (secondary N) is 2. The van der Waals surface area contributed by atoms with E-state index in [2.05, 4.69) is 58.3 Å². The Morgan fingerprint density at radius 2 is 2.11 bits per heavy atom. The van der Waals surface area contributed by atoms with Crippen molar-refractivity contribution in [1.29, 1.82) is 0 Å². The average Bonchev–Trinajstić information content (AvgIpc) is 2.71. The van der Waals surface area contributed by atoms with Gasteiger partial charge in [-0.2, -0.15) is 15.1 Å². The second kappa shape index (κ2) is 5.00. The number of fused-ring (bicyclic) bond motifs is 1. The van der Waals surface area contributed by atoms with E-state index in [0.29, 0.717) is 5.65 Å². The van der Waals surface area contributed by atoms with Crippen molar-refractivity contribution < 1.29 is 0 Å². The molecule has 0 fully saturated rings. The first kappa shape index (κ1) is 13.5. The molecule has 0 aliphatic carbocycles. The number of hydrogen-bond donors (Lipinski definition) is 3. The fraction of sp³-hybridized carbons (Fsp3) is 0.583. The van der Waals surface area contributed by atoms with Gasteiger partial charge in [0.1, 0.15) is 5.82 Å². The summed E-state index contributed by atoms with van der Waals surface area (Å²) in [5.41, 5.74) is 6.46. The van der Waals surface area contributed by atoms with Crippen LogP contribution in [0.15, 0.2) is 6.20 Å². The van der Waals surface area contributed by atoms with Crippen molar-refractivity contribution in [3.05, 3.63) is 6.20 Å². The minimum atomic E-state index is 0.124. The van der Waals surface area contributed by atoms with Crippen molar-refractivity contribution in [3.8, 4) is 0 Å². The number of rotatable bonds is 5. The number of aromatic amines is 1. The lowest BCUT2D eigenvalue weighted by atomic mass is 9.93. The summed E-state index contributed by atoms with van der Waals surface area (Å²) in [6, 6.07) is 0. The summed E-state index contributed by atoms with van der Waals surface area (Å²) in [4.78, 5) is 10.5. The molecule has 0 bridgehead atoms. The van der Waals surface area contributed by atoms with Crippen molar-refractivity contribution in [2.24, 2.45) is 5.41 Å². The van der Waals surface area contributed by atoms with Crippen LogP contribution < -0.4 is 11.1 Å². The molecular weight excluding hydrogens is 242 g/mol. The number of nitrogens with two attached hydrogens (primary N) is 1. The third kappa shape index (κ3) is 3.31. The molecule has 0 aromatic carbocycles. The predicted octanol–water partition coefficient (Wildman–Crippen LogP) is 0.935. The molecule has 2 aromatic rings. The van der Waals surface area contributed by atoms with Gasteiger partial charge in [-0.3, -0.25) is 5.10 Å². The number of anilines is 2. The third-order valence-electron chi connectivity index (χ3n) is 2.81. The van der Waals surface area contributed by atoms with Crippen molar-refractivity contribution in [1.82, 2.24) is 25.1 Å². The maximum absolute atomic E-state index is 5.69. The molecule has 104 valence electrons. The van der Waals surface area contributed by atoms with Crippen LogP contribution in [0.4, 0.5) is 11.8 Å². The largest absolute Gasteiger partial charge is 0.369 e. The molecule has 0 amide bonds. The van der Waals surface area contributed by atoms with E-state index in [1.165, 1.54) is 0 Å². The minimum Gasteiger partial charge on any atom is -0.369 e. The van der Waals surface area contributed by atoms with Crippen molar-refractivity contribution in [3.63, 3.8) is 0 Å². The van der Waals surface area contributed by atoms with Gasteiger partial charge < -0.3 is 16.0 Å². The van der Waals surface area contributed by atoms with Gasteiger partial charge in [0.25, 0.3) is 0 Å². The summed E-state index contributed by atoms with van der Waals surface area (Å²) in [5, 5.41) is 11.0. The van der Waals surface area contributed by atoms with Gasteiger partial charge in [-0.25, -0.2) is 0 Å². The summed E-state index contributed by atoms with van der Waals surface area (Å²) in [6.45, 7) is 6.19. The first-order valence-corrected chi connectivity index (χ1v) is 6.22. The second-order valence-corrected chi connectivity index (χ2v) is 5.82. The van der Waals surface area contributed by atoms with E-state index in [4.69, 9.17) is 5.73 Å². The quantitative estimate of drug-likeness (QED) is 0.743. The van der Waals surface area contributed by atoms with Crippen LogP contribution in [-0.2, 0) is 0 Å². The van der Waals surface area contributed by atoms with Crippen LogP contribution in [-0.4, -0.2) is 52.3 Å². The molecule has 0 saturated carbocycles. The van der Waals surface area contributed by atoms with E-state index < -0.39 is 0 Å². The molecule has 0 saturated heterocycles. The molecule has 19 heavy (non-hydrogen) atoms. The monoisotopic (exact) mass is 263 g/mol. The van der Waals surface area contributed by atoms with E-state index in [0.717, 1.165) is 24.3 Å². The smallest absolute Gasteiger partial charge is 0.224 e. The summed E-state index contributed by atoms with van der Waals surface area (Å²) < 4.78 is 0. The Balaban J connectivity index is 2.15. The lowest BCUT2D eigenvalue weighted by Gasteiger charge is -2.28. The van der Waals surface area contributed by atoms with Crippen molar-refractivity contribution in [2.45, 2.75) is 13.8 Å². The Hall–Kier alpha value is -1.89. The first-order valence-electron chi connectivity index (χ1n) is 6.22. The van der Waals surface area contributed by atoms with Gasteiger partial charge in [0.05, 0.1) is 11.6 Å². The van der Waals surface area contributed by atoms with Crippen LogP contribution in [0.1, 0.15) is 13.8 Å². The van der Waals surface area contributed by atoms with Gasteiger partial charge >= 0.3 is 0 Å². The van der Waals surface area contributed by atoms with Gasteiger partial charge in [-0.05, 0) is 19.5 Å². The number of nitrogens with zero attached hydrogens (tertiary/aromatic N) is 4. The molecule has 7 nitrogen and oxygen atoms in total. The minimum absolute atomic E-state index is 0.124. The Labute approximate surface area is 112 Å². The fourth-order valence-electron chi connectivity index (χ4n) is 2.22. The predicted molar refractivity (Wildman–Crippen MR) is 76.9 cm³/mol. The first-order chi connectivity index (χ1) is 8.87. The SMILES string of the molecule is CN(C)CC(C)(C)CNc1nc(N)nc2[nH]ncc12. The van der Waals surface area contributed by atoms with E-state index in [-0.39, 0.29) is 11.4 Å². The van der Waals surface area contributed by atoms with E-state index in [1.807, 2.05) is 0 Å². The van der Waals surface area contributed by atoms with Gasteiger partial charge in [0.15, 0.2) is 5.65 Å². The lowest BCUT2D eigenvalue weighted by Crippen LogP contribution is -2.34. The number of nitrogen functional groups attached to an aromatic ring is 1. The summed E-state index contributed by atoms with van der Waals surface area (Å²) in [5.74, 6) is 0.966. The van der Waals surface area contributed by atoms with Crippen LogP contribution in [0.5, 0.6) is 0 Å². The highest BCUT2D eigenvalue weighted by Crippen LogP contribution is 2.22. The Kier molecular flexibility index (Phi) is 3.57. The van der Waals surface area contributed by atoms with Gasteiger partial charge in [0, 0.05) is 13.1 Å². The molecule has 2 aromatic heterocycles. The number of aromatic nitrogens is 4. The molecule has 0 radical (unpaired) electrons. The molecule has 7 heteroatoms. The normalized spacial score (nSPS) is 12.3. The summed E-state index contributed by atoms with van der Waals surface area (Å²) >= 11 is 0. The van der Waals surface area contributed by atoms with Gasteiger partial charge in [0.2, 0.25) is 5.95 Å². The summed E-state index contributed by atoms with van der Waals surface area (Å²) in [7, 11) is 4.14. The highest BCUT2D eigenvalue weighted by Gasteiger charge is 2.19. The third-order valence-corrected chi connectivity index (χ3v) is 2.81. The standard InChI is InChI=1S/C12H21N7/c1-12(2,7-19(3)4)6-14-9-8-5-15-18-10(8)17-11(13)16-9/h5H,6-7H2,1-4H3,(H4,13,14,15,16,17,18). The molecule has 0 aliphatic rings. The van der Waals surface area contributed by atoms with Crippen LogP contribution in [0.3, 0.4) is 0 Å². The van der Waals surface area contributed by atoms with Crippen molar-refractivity contribution in [2.75, 3.05) is 38.2 Å². The van der Waals surface area contributed by atoms with Gasteiger partial charge in [-0.1, -0.05) is 13.8 Å². The maximum Gasteiger partial charge on any atom is 0.224 e. The maximum atomic E-state index is 5.69. The fourth-order valence-corrected chi connectivity index (χ4v) is 2.22. The zero-order valence-electron chi connectivity index (χ0n) is 11.9. The molecule has 2 heterocycles. The lowest BCUT2D eigenvalue weighted by molar-refractivity contribution is 0.254. The molecule has 0 spiro atoms. The van der Waals surface area contributed by atoms with Gasteiger partial charge in [-0.15, -0.1) is 0 Å². The molecule has 4 N–H and O–H groups in total. The Morgan fingerprint density at radius 3 is 2.79 bits per heavy atom.